The maximum Gasteiger partial charge on any atom is 0.380 e. The van der Waals surface area contributed by atoms with E-state index in [0.717, 1.165) is 4.52 Å². The second-order valence-electron chi connectivity index (χ2n) is 9.95. The number of aliphatic hydroxyl groups excluding tert-OH is 1. The normalized spacial score (nSPS) is 24.7. The third kappa shape index (κ3) is 6.75. The van der Waals surface area contributed by atoms with Gasteiger partial charge in [0.25, 0.3) is 0 Å². The van der Waals surface area contributed by atoms with Gasteiger partial charge in [-0.25, -0.2) is 18.5 Å². The van der Waals surface area contributed by atoms with Crippen LogP contribution >= 0.6 is 23.5 Å². The summed E-state index contributed by atoms with van der Waals surface area (Å²) in [5.41, 5.74) is 12.3. The molecule has 16 heteroatoms. The number of hydrogen-bond donors (Lipinski definition) is 3. The molecule has 0 radical (unpaired) electrons. The number of alkyl halides is 2. The molecular weight excluding hydrogens is 626 g/mol. The number of anilines is 2. The van der Waals surface area contributed by atoms with Crippen LogP contribution < -0.4 is 16.0 Å². The van der Waals surface area contributed by atoms with Gasteiger partial charge in [0.15, 0.2) is 11.5 Å². The molecule has 13 nitrogen and oxygen atoms in total. The van der Waals surface area contributed by atoms with E-state index in [1.54, 1.807) is 31.2 Å². The Morgan fingerprint density at radius 3 is 2.71 bits per heavy atom. The average Bonchev–Trinajstić information content (AvgIpc) is 3.40. The van der Waals surface area contributed by atoms with Gasteiger partial charge in [-0.15, -0.1) is 5.10 Å². The van der Waals surface area contributed by atoms with Crippen LogP contribution in [0.15, 0.2) is 30.5 Å². The van der Waals surface area contributed by atoms with Crippen LogP contribution in [0.25, 0.3) is 5.65 Å². The van der Waals surface area contributed by atoms with Crippen LogP contribution in [0, 0.1) is 5.92 Å². The summed E-state index contributed by atoms with van der Waals surface area (Å²) < 4.78 is 45.9. The SMILES string of the molecule is CC(=O)CCc1ccccc1OP(=O)(C[C@@H](C)C(C)=O)OC[C@H]1O[C@@H](c2cnc3c(N)nc(N)nn23)C(F)(Br)[C@H]1O. The first-order valence-electron chi connectivity index (χ1n) is 12.7. The Bertz CT molecular complexity index is 1500. The molecule has 222 valence electrons. The highest BCUT2D eigenvalue weighted by Crippen LogP contribution is 2.53. The van der Waals surface area contributed by atoms with Crippen molar-refractivity contribution in [3.63, 3.8) is 0 Å². The number of Topliss-reactive ketones (excluding diaryl/α,β-unsaturated/α-hetero) is 2. The molecule has 5 N–H and O–H groups in total. The molecule has 1 aromatic carbocycles. The number of nitrogen functional groups attached to an aromatic ring is 2. The standard InChI is InChI=1S/C25H31BrFN6O7P/c1-13(15(3)35)12-41(37,40-18-7-5-4-6-16(18)9-8-14(2)34)38-11-19-20(36)25(26,27)21(39-19)17-10-30-23-22(28)31-24(29)32-33(17)23/h4-7,10,13,19-21,36H,8-9,11-12H2,1-3H3,(H4,28,29,31,32)/t13-,19-,20+,21+,25?,41?/m1/s1. The molecule has 1 saturated heterocycles. The number of aromatic nitrogens is 4. The molecule has 0 saturated carbocycles. The van der Waals surface area contributed by atoms with Crippen LogP contribution in [0.5, 0.6) is 5.75 Å². The van der Waals surface area contributed by atoms with E-state index in [-0.39, 0.29) is 53.0 Å². The van der Waals surface area contributed by atoms with Crippen LogP contribution in [0.4, 0.5) is 16.2 Å². The summed E-state index contributed by atoms with van der Waals surface area (Å²) in [6.07, 6.45) is -3.03. The number of hydrogen-bond acceptors (Lipinski definition) is 12. The Labute approximate surface area is 243 Å². The predicted molar refractivity (Wildman–Crippen MR) is 150 cm³/mol. The number of imidazole rings is 1. The average molecular weight is 657 g/mol. The van der Waals surface area contributed by atoms with Gasteiger partial charge in [-0.1, -0.05) is 25.1 Å². The number of aryl methyl sites for hydroxylation is 1. The zero-order chi connectivity index (χ0) is 30.1. The maximum absolute atomic E-state index is 15.9. The number of nitrogens with zero attached hydrogens (tertiary/aromatic N) is 4. The van der Waals surface area contributed by atoms with Gasteiger partial charge in [0.2, 0.25) is 10.5 Å². The largest absolute Gasteiger partial charge is 0.424 e. The fourth-order valence-electron chi connectivity index (χ4n) is 4.28. The number of carbonyl (C=O) groups excluding carboxylic acids is 2. The predicted octanol–water partition coefficient (Wildman–Crippen LogP) is 3.19. The summed E-state index contributed by atoms with van der Waals surface area (Å²) in [6, 6.07) is 6.72. The first-order valence-corrected chi connectivity index (χ1v) is 15.2. The topological polar surface area (TPSA) is 194 Å². The molecule has 4 rings (SSSR count). The van der Waals surface area contributed by atoms with Gasteiger partial charge < -0.3 is 30.6 Å². The molecule has 1 aliphatic rings. The number of ether oxygens (including phenoxy) is 1. The quantitative estimate of drug-likeness (QED) is 0.191. The zero-order valence-electron chi connectivity index (χ0n) is 22.6. The first-order chi connectivity index (χ1) is 19.2. The van der Waals surface area contributed by atoms with Crippen LogP contribution in [0.1, 0.15) is 44.6 Å². The summed E-state index contributed by atoms with van der Waals surface area (Å²) in [6.45, 7) is 3.84. The molecule has 6 atom stereocenters. The number of ketones is 2. The lowest BCUT2D eigenvalue weighted by molar-refractivity contribution is -0.120. The summed E-state index contributed by atoms with van der Waals surface area (Å²) >= 11 is 2.91. The van der Waals surface area contributed by atoms with Crippen molar-refractivity contribution in [1.82, 2.24) is 19.6 Å². The molecule has 0 bridgehead atoms. The van der Waals surface area contributed by atoms with Crippen LogP contribution in [0.3, 0.4) is 0 Å². The number of aliphatic hydroxyl groups is 1. The van der Waals surface area contributed by atoms with Crippen molar-refractivity contribution in [3.05, 3.63) is 41.7 Å². The van der Waals surface area contributed by atoms with E-state index in [0.29, 0.717) is 12.0 Å². The van der Waals surface area contributed by atoms with E-state index < -0.39 is 43.0 Å². The van der Waals surface area contributed by atoms with Gasteiger partial charge in [-0.2, -0.15) is 4.98 Å². The second-order valence-corrected chi connectivity index (χ2v) is 13.2. The lowest BCUT2D eigenvalue weighted by atomic mass is 10.1. The van der Waals surface area contributed by atoms with E-state index in [9.17, 15) is 19.3 Å². The lowest BCUT2D eigenvalue weighted by Gasteiger charge is -2.25. The smallest absolute Gasteiger partial charge is 0.380 e. The molecule has 2 aromatic heterocycles. The van der Waals surface area contributed by atoms with Crippen molar-refractivity contribution >= 4 is 52.5 Å². The minimum Gasteiger partial charge on any atom is -0.424 e. The third-order valence-electron chi connectivity index (χ3n) is 6.69. The molecule has 0 spiro atoms. The molecule has 3 heterocycles. The van der Waals surface area contributed by atoms with Crippen LogP contribution in [-0.4, -0.2) is 65.8 Å². The molecular formula is C25H31BrFN6O7P. The minimum absolute atomic E-state index is 0.0290. The molecule has 1 fully saturated rings. The fourth-order valence-corrected chi connectivity index (χ4v) is 6.93. The van der Waals surface area contributed by atoms with Gasteiger partial charge in [-0.05, 0) is 47.8 Å². The third-order valence-corrected chi connectivity index (χ3v) is 9.59. The zero-order valence-corrected chi connectivity index (χ0v) is 25.0. The number of halogens is 2. The summed E-state index contributed by atoms with van der Waals surface area (Å²) in [5.74, 6) is -0.970. The number of benzene rings is 1. The Kier molecular flexibility index (Phi) is 9.14. The van der Waals surface area contributed by atoms with Crippen molar-refractivity contribution in [2.24, 2.45) is 5.92 Å². The Balaban J connectivity index is 1.58. The number of carbonyl (C=O) groups is 2. The van der Waals surface area contributed by atoms with Crippen LogP contribution in [0.2, 0.25) is 0 Å². The minimum atomic E-state index is -4.08. The highest BCUT2D eigenvalue weighted by molar-refractivity contribution is 9.10. The van der Waals surface area contributed by atoms with E-state index in [1.807, 2.05) is 0 Å². The van der Waals surface area contributed by atoms with E-state index in [1.165, 1.54) is 20.0 Å². The first kappa shape index (κ1) is 31.0. The second kappa shape index (κ2) is 12.1. The molecule has 0 aliphatic carbocycles. The van der Waals surface area contributed by atoms with Gasteiger partial charge >= 0.3 is 7.60 Å². The number of para-hydroxylation sites is 1. The number of fused-ring (bicyclic) bond motifs is 1. The summed E-state index contributed by atoms with van der Waals surface area (Å²) in [5, 5.41) is 14.8. The molecule has 0 amide bonds. The maximum atomic E-state index is 15.9. The summed E-state index contributed by atoms with van der Waals surface area (Å²) in [4.78, 5) is 31.5. The lowest BCUT2D eigenvalue weighted by Crippen LogP contribution is -2.37. The molecule has 1 aliphatic heterocycles. The molecule has 2 unspecified atom stereocenters. The van der Waals surface area contributed by atoms with Crippen molar-refractivity contribution in [1.29, 1.82) is 0 Å². The van der Waals surface area contributed by atoms with Crippen molar-refractivity contribution in [2.75, 3.05) is 24.2 Å². The highest BCUT2D eigenvalue weighted by Gasteiger charge is 2.58. The fraction of sp³-hybridized carbons (Fsp3) is 0.480. The highest BCUT2D eigenvalue weighted by atomic mass is 79.9. The van der Waals surface area contributed by atoms with Gasteiger partial charge in [0.05, 0.1) is 24.7 Å². The van der Waals surface area contributed by atoms with Crippen molar-refractivity contribution in [3.8, 4) is 5.75 Å². The Morgan fingerprint density at radius 1 is 1.32 bits per heavy atom. The van der Waals surface area contributed by atoms with E-state index in [4.69, 9.17) is 25.3 Å². The van der Waals surface area contributed by atoms with Gasteiger partial charge in [-0.3, -0.25) is 9.32 Å². The Hall–Kier alpha value is -2.97. The van der Waals surface area contributed by atoms with Crippen molar-refractivity contribution in [2.45, 2.75) is 56.5 Å². The van der Waals surface area contributed by atoms with Gasteiger partial charge in [0, 0.05) is 12.3 Å². The van der Waals surface area contributed by atoms with E-state index in [2.05, 4.69) is 31.0 Å². The van der Waals surface area contributed by atoms with Crippen molar-refractivity contribution < 1.29 is 37.4 Å². The monoisotopic (exact) mass is 656 g/mol. The van der Waals surface area contributed by atoms with E-state index >= 15 is 4.39 Å². The Morgan fingerprint density at radius 2 is 2.02 bits per heavy atom. The van der Waals surface area contributed by atoms with Gasteiger partial charge in [0.1, 0.15) is 35.6 Å². The molecule has 3 aromatic rings. The molecule has 41 heavy (non-hydrogen) atoms. The number of nitrogens with two attached hydrogens (primary N) is 2. The van der Waals surface area contributed by atoms with Crippen LogP contribution in [-0.2, 0) is 29.8 Å². The summed E-state index contributed by atoms with van der Waals surface area (Å²) in [7, 11) is -4.08. The number of rotatable bonds is 12.